The maximum absolute atomic E-state index is 11.6. The summed E-state index contributed by atoms with van der Waals surface area (Å²) < 4.78 is 27.8. The lowest BCUT2D eigenvalue weighted by molar-refractivity contribution is -0.121. The first-order chi connectivity index (χ1) is 9.55. The molecule has 2 rings (SSSR count). The van der Waals surface area contributed by atoms with E-state index in [1.165, 1.54) is 0 Å². The average Bonchev–Trinajstić information content (AvgIpc) is 3.01. The van der Waals surface area contributed by atoms with E-state index >= 15 is 0 Å². The molecule has 1 aromatic heterocycles. The van der Waals surface area contributed by atoms with Gasteiger partial charge in [-0.3, -0.25) is 4.79 Å². The van der Waals surface area contributed by atoms with Crippen LogP contribution in [0.4, 0.5) is 0 Å². The Bertz CT molecular complexity index is 521. The van der Waals surface area contributed by atoms with Crippen molar-refractivity contribution in [1.29, 1.82) is 0 Å². The molecule has 1 aliphatic heterocycles. The molecule has 1 unspecified atom stereocenters. The van der Waals surface area contributed by atoms with Gasteiger partial charge >= 0.3 is 0 Å². The molecule has 112 valence electrons. The molecule has 0 aliphatic carbocycles. The minimum Gasteiger partial charge on any atom is -0.469 e. The summed E-state index contributed by atoms with van der Waals surface area (Å²) in [5.41, 5.74) is 0. The van der Waals surface area contributed by atoms with Crippen LogP contribution in [0.15, 0.2) is 22.8 Å². The molecule has 1 fully saturated rings. The molecular formula is C14H21NO4S. The molecule has 1 aliphatic rings. The smallest absolute Gasteiger partial charge is 0.220 e. The fourth-order valence-electron chi connectivity index (χ4n) is 2.50. The van der Waals surface area contributed by atoms with Gasteiger partial charge in [0, 0.05) is 19.4 Å². The molecule has 6 heteroatoms. The van der Waals surface area contributed by atoms with Gasteiger partial charge < -0.3 is 9.73 Å². The number of sulfone groups is 1. The van der Waals surface area contributed by atoms with Crippen molar-refractivity contribution in [3.8, 4) is 0 Å². The maximum atomic E-state index is 11.6. The van der Waals surface area contributed by atoms with Crippen LogP contribution in [0.25, 0.3) is 0 Å². The summed E-state index contributed by atoms with van der Waals surface area (Å²) in [6.45, 7) is 0.619. The summed E-state index contributed by atoms with van der Waals surface area (Å²) in [5, 5.41) is 2.86. The molecule has 0 saturated carbocycles. The summed E-state index contributed by atoms with van der Waals surface area (Å²) >= 11 is 0. The van der Waals surface area contributed by atoms with E-state index in [1.54, 1.807) is 6.26 Å². The Labute approximate surface area is 119 Å². The van der Waals surface area contributed by atoms with Crippen LogP contribution in [0.5, 0.6) is 0 Å². The third kappa shape index (κ3) is 5.00. The minimum atomic E-state index is -2.78. The quantitative estimate of drug-likeness (QED) is 0.775. The van der Waals surface area contributed by atoms with Gasteiger partial charge in [-0.1, -0.05) is 0 Å². The normalized spacial score (nSPS) is 20.9. The molecule has 0 bridgehead atoms. The first kappa shape index (κ1) is 15.1. The number of amides is 1. The molecule has 1 saturated heterocycles. The number of carbonyl (C=O) groups is 1. The van der Waals surface area contributed by atoms with E-state index in [0.29, 0.717) is 30.9 Å². The number of carbonyl (C=O) groups excluding carboxylic acids is 1. The van der Waals surface area contributed by atoms with Crippen molar-refractivity contribution in [1.82, 2.24) is 5.32 Å². The number of rotatable bonds is 7. The summed E-state index contributed by atoms with van der Waals surface area (Å²) in [5.74, 6) is 1.75. The second-order valence-electron chi connectivity index (χ2n) is 5.34. The zero-order valence-corrected chi connectivity index (χ0v) is 12.3. The maximum Gasteiger partial charge on any atom is 0.220 e. The number of hydrogen-bond donors (Lipinski definition) is 1. The molecule has 5 nitrogen and oxygen atoms in total. The highest BCUT2D eigenvalue weighted by molar-refractivity contribution is 7.91. The molecule has 0 radical (unpaired) electrons. The van der Waals surface area contributed by atoms with E-state index in [-0.39, 0.29) is 11.8 Å². The summed E-state index contributed by atoms with van der Waals surface area (Å²) in [6, 6.07) is 3.66. The van der Waals surface area contributed by atoms with Crippen LogP contribution in [0, 0.1) is 5.92 Å². The van der Waals surface area contributed by atoms with Crippen molar-refractivity contribution in [2.24, 2.45) is 5.92 Å². The van der Waals surface area contributed by atoms with E-state index in [9.17, 15) is 13.2 Å². The molecule has 1 amide bonds. The molecule has 20 heavy (non-hydrogen) atoms. The summed E-state index contributed by atoms with van der Waals surface area (Å²) in [4.78, 5) is 11.6. The number of aryl methyl sites for hydroxylation is 1. The Morgan fingerprint density at radius 2 is 2.30 bits per heavy atom. The van der Waals surface area contributed by atoms with Crippen LogP contribution >= 0.6 is 0 Å². The van der Waals surface area contributed by atoms with Gasteiger partial charge in [0.25, 0.3) is 0 Å². The predicted octanol–water partition coefficient (Wildman–Crippen LogP) is 1.54. The Kier molecular flexibility index (Phi) is 5.23. The van der Waals surface area contributed by atoms with Gasteiger partial charge in [-0.2, -0.15) is 0 Å². The lowest BCUT2D eigenvalue weighted by Crippen LogP contribution is -2.25. The van der Waals surface area contributed by atoms with Gasteiger partial charge in [-0.05, 0) is 37.3 Å². The fourth-order valence-corrected chi connectivity index (χ4v) is 4.41. The Morgan fingerprint density at radius 1 is 1.45 bits per heavy atom. The van der Waals surface area contributed by atoms with E-state index in [4.69, 9.17) is 4.42 Å². The first-order valence-electron chi connectivity index (χ1n) is 7.05. The van der Waals surface area contributed by atoms with Gasteiger partial charge in [0.1, 0.15) is 5.76 Å². The molecule has 0 aromatic carbocycles. The summed E-state index contributed by atoms with van der Waals surface area (Å²) in [6.07, 6.45) is 5.12. The average molecular weight is 299 g/mol. The number of furan rings is 1. The highest BCUT2D eigenvalue weighted by atomic mass is 32.2. The topological polar surface area (TPSA) is 76.4 Å². The second kappa shape index (κ2) is 6.92. The third-order valence-corrected chi connectivity index (χ3v) is 5.45. The van der Waals surface area contributed by atoms with Gasteiger partial charge in [0.05, 0.1) is 17.8 Å². The predicted molar refractivity (Wildman–Crippen MR) is 76.0 cm³/mol. The van der Waals surface area contributed by atoms with Gasteiger partial charge in [0.2, 0.25) is 5.91 Å². The standard InChI is InChI=1S/C14H21NO4S/c16-14(6-5-13-4-2-9-19-13)15-8-1-3-12-7-10-20(17,18)11-12/h2,4,9,12H,1,3,5-8,10-11H2,(H,15,16). The van der Waals surface area contributed by atoms with Crippen molar-refractivity contribution in [3.63, 3.8) is 0 Å². The van der Waals surface area contributed by atoms with Gasteiger partial charge in [-0.15, -0.1) is 0 Å². The monoisotopic (exact) mass is 299 g/mol. The lowest BCUT2D eigenvalue weighted by Gasteiger charge is -2.08. The van der Waals surface area contributed by atoms with Gasteiger partial charge in [-0.25, -0.2) is 8.42 Å². The first-order valence-corrected chi connectivity index (χ1v) is 8.87. The highest BCUT2D eigenvalue weighted by Gasteiger charge is 2.27. The Morgan fingerprint density at radius 3 is 2.95 bits per heavy atom. The van der Waals surface area contributed by atoms with Crippen molar-refractivity contribution in [3.05, 3.63) is 24.2 Å². The van der Waals surface area contributed by atoms with Crippen LogP contribution in [0.3, 0.4) is 0 Å². The lowest BCUT2D eigenvalue weighted by atomic mass is 10.0. The van der Waals surface area contributed by atoms with Crippen LogP contribution in [-0.2, 0) is 21.1 Å². The van der Waals surface area contributed by atoms with Crippen molar-refractivity contribution in [2.75, 3.05) is 18.1 Å². The molecular weight excluding hydrogens is 278 g/mol. The van der Waals surface area contributed by atoms with E-state index in [0.717, 1.165) is 25.0 Å². The van der Waals surface area contributed by atoms with Gasteiger partial charge in [0.15, 0.2) is 9.84 Å². The number of nitrogens with one attached hydrogen (secondary N) is 1. The Balaban J connectivity index is 1.53. The third-order valence-electron chi connectivity index (χ3n) is 3.62. The molecule has 1 N–H and O–H groups in total. The molecule has 2 heterocycles. The zero-order valence-electron chi connectivity index (χ0n) is 11.5. The van der Waals surface area contributed by atoms with E-state index in [1.807, 2.05) is 12.1 Å². The SMILES string of the molecule is O=C(CCc1ccco1)NCCCC1CCS(=O)(=O)C1. The highest BCUT2D eigenvalue weighted by Crippen LogP contribution is 2.22. The molecule has 1 atom stereocenters. The zero-order chi connectivity index (χ0) is 14.4. The molecule has 1 aromatic rings. The van der Waals surface area contributed by atoms with Crippen molar-refractivity contribution < 1.29 is 17.6 Å². The summed E-state index contributed by atoms with van der Waals surface area (Å²) in [7, 11) is -2.78. The van der Waals surface area contributed by atoms with Crippen molar-refractivity contribution in [2.45, 2.75) is 32.1 Å². The minimum absolute atomic E-state index is 0.0143. The largest absolute Gasteiger partial charge is 0.469 e. The van der Waals surface area contributed by atoms with Crippen molar-refractivity contribution >= 4 is 15.7 Å². The molecule has 0 spiro atoms. The van der Waals surface area contributed by atoms with Crippen LogP contribution in [-0.4, -0.2) is 32.4 Å². The van der Waals surface area contributed by atoms with Crippen LogP contribution < -0.4 is 5.32 Å². The number of hydrogen-bond acceptors (Lipinski definition) is 4. The fraction of sp³-hybridized carbons (Fsp3) is 0.643. The Hall–Kier alpha value is -1.30. The van der Waals surface area contributed by atoms with E-state index < -0.39 is 9.84 Å². The second-order valence-corrected chi connectivity index (χ2v) is 7.57. The van der Waals surface area contributed by atoms with E-state index in [2.05, 4.69) is 5.32 Å². The van der Waals surface area contributed by atoms with Crippen LogP contribution in [0.1, 0.15) is 31.4 Å². The van der Waals surface area contributed by atoms with Crippen LogP contribution in [0.2, 0.25) is 0 Å².